The maximum absolute atomic E-state index is 10.8. The van der Waals surface area contributed by atoms with Crippen LogP contribution in [0.4, 0.5) is 0 Å². The number of allylic oxidation sites excluding steroid dienone is 1. The lowest BCUT2D eigenvalue weighted by Crippen LogP contribution is -2.50. The zero-order valence-electron chi connectivity index (χ0n) is 17.9. The molecule has 4 saturated carbocycles. The van der Waals surface area contributed by atoms with Gasteiger partial charge >= 0.3 is 0 Å². The second-order valence-electron chi connectivity index (χ2n) is 10.7. The molecule has 4 fully saturated rings. The van der Waals surface area contributed by atoms with E-state index in [2.05, 4.69) is 40.2 Å². The highest BCUT2D eigenvalue weighted by molar-refractivity contribution is 6.30. The van der Waals surface area contributed by atoms with Gasteiger partial charge in [-0.2, -0.15) is 4.80 Å². The number of fused-ring (bicyclic) bond motifs is 5. The number of nitrogens with zero attached hydrogens (tertiary/aromatic N) is 4. The van der Waals surface area contributed by atoms with Gasteiger partial charge in [0.15, 0.2) is 6.33 Å². The predicted molar refractivity (Wildman–Crippen MR) is 116 cm³/mol. The minimum absolute atomic E-state index is 0.352. The Balaban J connectivity index is 1.31. The Morgan fingerprint density at radius 2 is 2.00 bits per heavy atom. The predicted octanol–water partition coefficient (Wildman–Crippen LogP) is 4.43. The first-order valence-corrected chi connectivity index (χ1v) is 12.0. The van der Waals surface area contributed by atoms with Crippen molar-refractivity contribution < 1.29 is 5.11 Å². The van der Waals surface area contributed by atoms with E-state index in [0.717, 1.165) is 42.9 Å². The van der Waals surface area contributed by atoms with Crippen LogP contribution in [0, 0.1) is 52.2 Å². The van der Waals surface area contributed by atoms with Gasteiger partial charge in [-0.05, 0) is 116 Å². The highest BCUT2D eigenvalue weighted by Crippen LogP contribution is 2.65. The van der Waals surface area contributed by atoms with Gasteiger partial charge in [0, 0.05) is 5.38 Å². The molecule has 0 saturated heterocycles. The third-order valence-electron chi connectivity index (χ3n) is 9.52. The summed E-state index contributed by atoms with van der Waals surface area (Å²) in [6, 6.07) is 0. The van der Waals surface area contributed by atoms with Gasteiger partial charge in [-0.25, -0.2) is 0 Å². The van der Waals surface area contributed by atoms with Crippen molar-refractivity contribution in [2.75, 3.05) is 0 Å². The first-order chi connectivity index (χ1) is 14.4. The second kappa shape index (κ2) is 7.64. The molecule has 0 spiro atoms. The molecule has 1 aromatic rings. The average molecular weight is 429 g/mol. The normalized spacial score (nSPS) is 44.9. The lowest BCUT2D eigenvalue weighted by atomic mass is 9.48. The van der Waals surface area contributed by atoms with Gasteiger partial charge in [-0.3, -0.25) is 0 Å². The van der Waals surface area contributed by atoms with Crippen LogP contribution < -0.4 is 0 Å². The number of aliphatic hydroxyl groups is 1. The molecule has 6 heteroatoms. The first-order valence-electron chi connectivity index (χ1n) is 11.7. The minimum Gasteiger partial charge on any atom is -0.378 e. The molecule has 162 valence electrons. The fraction of sp³-hybridized carbons (Fsp3) is 0.792. The van der Waals surface area contributed by atoms with Crippen molar-refractivity contribution in [3.63, 3.8) is 0 Å². The summed E-state index contributed by atoms with van der Waals surface area (Å²) in [7, 11) is 0. The van der Waals surface area contributed by atoms with Gasteiger partial charge in [0.05, 0.1) is 6.54 Å². The van der Waals surface area contributed by atoms with Crippen LogP contribution in [0.1, 0.15) is 64.7 Å². The average Bonchev–Trinajstić information content (AvgIpc) is 3.34. The number of halogens is 1. The summed E-state index contributed by atoms with van der Waals surface area (Å²) in [4.78, 5) is 1.67. The van der Waals surface area contributed by atoms with E-state index in [1.807, 2.05) is 0 Å². The summed E-state index contributed by atoms with van der Waals surface area (Å²) in [5, 5.41) is 25.3. The standard InChI is InChI=1S/C24H33ClN4O/c1-16(14-29-27-15-26-28-29)21-5-6-22-20-4-3-17-13-24(30,11-12-25)10-8-18(17)19(20)7-9-23(21,22)2/h15,17-22,30H,1,3-10,13-14H2,2H3/t17-,18+,19-,20-,21-,22+,23-,24-/m1/s1. The van der Waals surface area contributed by atoms with E-state index in [1.165, 1.54) is 50.4 Å². The molecule has 5 rings (SSSR count). The molecular formula is C24H33ClN4O. The van der Waals surface area contributed by atoms with Crippen LogP contribution in [0.25, 0.3) is 0 Å². The molecule has 4 aliphatic carbocycles. The van der Waals surface area contributed by atoms with E-state index in [-0.39, 0.29) is 0 Å². The summed E-state index contributed by atoms with van der Waals surface area (Å²) in [5.41, 5.74) is 0.767. The third kappa shape index (κ3) is 3.31. The van der Waals surface area contributed by atoms with Gasteiger partial charge in [0.1, 0.15) is 5.60 Å². The zero-order valence-corrected chi connectivity index (χ0v) is 18.7. The van der Waals surface area contributed by atoms with Crippen molar-refractivity contribution in [3.8, 4) is 11.3 Å². The van der Waals surface area contributed by atoms with Crippen LogP contribution >= 0.6 is 11.6 Å². The lowest BCUT2D eigenvalue weighted by Gasteiger charge is -2.57. The Labute approximate surface area is 184 Å². The largest absolute Gasteiger partial charge is 0.378 e. The monoisotopic (exact) mass is 428 g/mol. The SMILES string of the molecule is C=C(Cn1ncnn1)[C@H]1CC[C@H]2[C@@H]3CC[C@@H]4C[C@](O)(C#CCl)CC[C@@H]4[C@H]3CC[C@]12C. The van der Waals surface area contributed by atoms with E-state index in [1.54, 1.807) is 4.80 Å². The van der Waals surface area contributed by atoms with Crippen molar-refractivity contribution >= 4 is 11.6 Å². The molecule has 0 radical (unpaired) electrons. The van der Waals surface area contributed by atoms with Crippen LogP contribution in [-0.2, 0) is 6.54 Å². The van der Waals surface area contributed by atoms with Crippen LogP contribution in [0.2, 0.25) is 0 Å². The van der Waals surface area contributed by atoms with Crippen molar-refractivity contribution in [1.82, 2.24) is 20.2 Å². The number of hydrogen-bond acceptors (Lipinski definition) is 4. The third-order valence-corrected chi connectivity index (χ3v) is 9.61. The van der Waals surface area contributed by atoms with Gasteiger partial charge < -0.3 is 5.11 Å². The molecule has 0 aliphatic heterocycles. The fourth-order valence-corrected chi connectivity index (χ4v) is 8.48. The van der Waals surface area contributed by atoms with Crippen molar-refractivity contribution in [2.24, 2.45) is 40.9 Å². The Bertz CT molecular complexity index is 860. The first kappa shape index (κ1) is 20.5. The highest BCUT2D eigenvalue weighted by Gasteiger charge is 2.58. The molecule has 5 nitrogen and oxygen atoms in total. The van der Waals surface area contributed by atoms with Gasteiger partial charge in [0.2, 0.25) is 0 Å². The summed E-state index contributed by atoms with van der Waals surface area (Å²) in [6.07, 6.45) is 11.9. The lowest BCUT2D eigenvalue weighted by molar-refractivity contribution is -0.0874. The van der Waals surface area contributed by atoms with E-state index < -0.39 is 5.60 Å². The molecular weight excluding hydrogens is 396 g/mol. The number of aromatic nitrogens is 4. The molecule has 0 aromatic carbocycles. The Hall–Kier alpha value is -1.38. The molecule has 1 aromatic heterocycles. The second-order valence-corrected chi connectivity index (χ2v) is 10.9. The molecule has 30 heavy (non-hydrogen) atoms. The zero-order chi connectivity index (χ0) is 20.9. The maximum atomic E-state index is 10.8. The number of rotatable bonds is 3. The molecule has 1 N–H and O–H groups in total. The topological polar surface area (TPSA) is 63.8 Å². The molecule has 4 aliphatic rings. The highest BCUT2D eigenvalue weighted by atomic mass is 35.5. The molecule has 8 atom stereocenters. The summed E-state index contributed by atoms with van der Waals surface area (Å²) < 4.78 is 0. The summed E-state index contributed by atoms with van der Waals surface area (Å²) >= 11 is 5.63. The van der Waals surface area contributed by atoms with Crippen molar-refractivity contribution in [1.29, 1.82) is 0 Å². The van der Waals surface area contributed by atoms with Crippen LogP contribution in [0.15, 0.2) is 18.5 Å². The molecule has 0 amide bonds. The fourth-order valence-electron chi connectivity index (χ4n) is 8.30. The van der Waals surface area contributed by atoms with E-state index in [9.17, 15) is 5.11 Å². The molecule has 0 unspecified atom stereocenters. The van der Waals surface area contributed by atoms with E-state index in [0.29, 0.717) is 23.8 Å². The van der Waals surface area contributed by atoms with E-state index >= 15 is 0 Å². The van der Waals surface area contributed by atoms with Crippen molar-refractivity contribution in [3.05, 3.63) is 18.5 Å². The van der Waals surface area contributed by atoms with Crippen LogP contribution in [0.5, 0.6) is 0 Å². The van der Waals surface area contributed by atoms with Crippen molar-refractivity contribution in [2.45, 2.75) is 76.9 Å². The quantitative estimate of drug-likeness (QED) is 0.571. The molecule has 0 bridgehead atoms. The van der Waals surface area contributed by atoms with Crippen LogP contribution in [-0.4, -0.2) is 30.9 Å². The van der Waals surface area contributed by atoms with Crippen LogP contribution in [0.3, 0.4) is 0 Å². The van der Waals surface area contributed by atoms with Gasteiger partial charge in [-0.1, -0.05) is 25.0 Å². The number of tetrazole rings is 1. The van der Waals surface area contributed by atoms with Gasteiger partial charge in [-0.15, -0.1) is 10.2 Å². The summed E-state index contributed by atoms with van der Waals surface area (Å²) in [5.74, 6) is 7.26. The van der Waals surface area contributed by atoms with Gasteiger partial charge in [0.25, 0.3) is 0 Å². The summed E-state index contributed by atoms with van der Waals surface area (Å²) in [6.45, 7) is 7.69. The Morgan fingerprint density at radius 1 is 1.17 bits per heavy atom. The Morgan fingerprint density at radius 3 is 2.77 bits per heavy atom. The van der Waals surface area contributed by atoms with E-state index in [4.69, 9.17) is 11.6 Å². The molecule has 1 heterocycles. The Kier molecular flexibility index (Phi) is 5.22. The minimum atomic E-state index is -0.857. The maximum Gasteiger partial charge on any atom is 0.162 e. The smallest absolute Gasteiger partial charge is 0.162 e. The number of hydrogen-bond donors (Lipinski definition) is 1.